The Labute approximate surface area is 184 Å². The fourth-order valence-electron chi connectivity index (χ4n) is 6.26. The van der Waals surface area contributed by atoms with Crippen LogP contribution in [0.25, 0.3) is 0 Å². The zero-order chi connectivity index (χ0) is 19.6. The second-order valence-electron chi connectivity index (χ2n) is 9.33. The fraction of sp³-hybridized carbons (Fsp3) is 0.727. The first-order valence-electron chi connectivity index (χ1n) is 10.8. The number of nitrogens with one attached hydrogen (secondary N) is 2. The van der Waals surface area contributed by atoms with Crippen LogP contribution in [0.2, 0.25) is 5.02 Å². The number of pyridine rings is 1. The first kappa shape index (κ1) is 22.8. The van der Waals surface area contributed by atoms with Gasteiger partial charge in [-0.25, -0.2) is 0 Å². The van der Waals surface area contributed by atoms with Gasteiger partial charge in [-0.3, -0.25) is 9.78 Å². The van der Waals surface area contributed by atoms with E-state index in [2.05, 4.69) is 15.6 Å². The molecule has 5 nitrogen and oxygen atoms in total. The molecular formula is C22H33Cl2N3O2. The third-order valence-electron chi connectivity index (χ3n) is 7.02. The van der Waals surface area contributed by atoms with Gasteiger partial charge in [-0.2, -0.15) is 0 Å². The molecule has 0 spiro atoms. The minimum atomic E-state index is -0.0669. The molecule has 0 aliphatic heterocycles. The highest BCUT2D eigenvalue weighted by Crippen LogP contribution is 2.59. The number of aliphatic hydroxyl groups excluding tert-OH is 1. The maximum absolute atomic E-state index is 12.9. The van der Waals surface area contributed by atoms with Crippen LogP contribution in [0.4, 0.5) is 0 Å². The van der Waals surface area contributed by atoms with Crippen molar-refractivity contribution >= 4 is 29.9 Å². The molecule has 0 radical (unpaired) electrons. The summed E-state index contributed by atoms with van der Waals surface area (Å²) >= 11 is 6.28. The normalized spacial score (nSPS) is 29.5. The molecule has 4 bridgehead atoms. The standard InChI is InChI=1S/C22H32ClN3O2.ClH/c23-20-13-25-18(2-1-3-24-4-5-27)9-19(20)21(28)26-14-22-10-15-6-16(11-22)8-17(7-15)12-22;/h9,13,15-17,24,27H,1-8,10-12,14H2,(H,26,28);1H. The Morgan fingerprint density at radius 1 is 1.17 bits per heavy atom. The van der Waals surface area contributed by atoms with Crippen molar-refractivity contribution in [3.8, 4) is 0 Å². The second-order valence-corrected chi connectivity index (χ2v) is 9.74. The van der Waals surface area contributed by atoms with Gasteiger partial charge in [0.15, 0.2) is 0 Å². The number of hydrogen-bond donors (Lipinski definition) is 3. The Morgan fingerprint density at radius 3 is 2.45 bits per heavy atom. The molecule has 29 heavy (non-hydrogen) atoms. The van der Waals surface area contributed by atoms with Crippen molar-refractivity contribution in [2.24, 2.45) is 23.2 Å². The van der Waals surface area contributed by atoms with Crippen LogP contribution < -0.4 is 10.6 Å². The third kappa shape index (κ3) is 5.43. The number of aryl methyl sites for hydroxylation is 1. The molecule has 0 saturated heterocycles. The van der Waals surface area contributed by atoms with Crippen molar-refractivity contribution < 1.29 is 9.90 Å². The van der Waals surface area contributed by atoms with E-state index in [9.17, 15) is 4.79 Å². The van der Waals surface area contributed by atoms with Gasteiger partial charge in [0.2, 0.25) is 0 Å². The summed E-state index contributed by atoms with van der Waals surface area (Å²) in [4.78, 5) is 17.2. The molecule has 4 aliphatic carbocycles. The third-order valence-corrected chi connectivity index (χ3v) is 7.32. The zero-order valence-corrected chi connectivity index (χ0v) is 18.5. The molecular weight excluding hydrogens is 409 g/mol. The van der Waals surface area contributed by atoms with E-state index >= 15 is 0 Å². The minimum Gasteiger partial charge on any atom is -0.395 e. The predicted octanol–water partition coefficient (Wildman–Crippen LogP) is 3.62. The average Bonchev–Trinajstić information content (AvgIpc) is 2.66. The van der Waals surface area contributed by atoms with Crippen molar-refractivity contribution in [1.29, 1.82) is 0 Å². The van der Waals surface area contributed by atoms with Crippen LogP contribution in [0.5, 0.6) is 0 Å². The number of nitrogens with zero attached hydrogens (tertiary/aromatic N) is 1. The monoisotopic (exact) mass is 441 g/mol. The number of aromatic nitrogens is 1. The number of carbonyl (C=O) groups is 1. The van der Waals surface area contributed by atoms with Crippen molar-refractivity contribution in [3.63, 3.8) is 0 Å². The summed E-state index contributed by atoms with van der Waals surface area (Å²) in [5.74, 6) is 2.60. The zero-order valence-electron chi connectivity index (χ0n) is 17.0. The number of aliphatic hydroxyl groups is 1. The summed E-state index contributed by atoms with van der Waals surface area (Å²) in [7, 11) is 0. The average molecular weight is 442 g/mol. The Hall–Kier alpha value is -0.880. The fourth-order valence-corrected chi connectivity index (χ4v) is 6.45. The molecule has 0 aromatic carbocycles. The summed E-state index contributed by atoms with van der Waals surface area (Å²) < 4.78 is 0. The molecule has 1 aromatic rings. The summed E-state index contributed by atoms with van der Waals surface area (Å²) in [6.07, 6.45) is 11.4. The van der Waals surface area contributed by atoms with E-state index in [1.54, 1.807) is 6.20 Å². The molecule has 162 valence electrons. The Bertz CT molecular complexity index is 678. The molecule has 0 atom stereocenters. The van der Waals surface area contributed by atoms with Gasteiger partial charge in [0, 0.05) is 25.0 Å². The van der Waals surface area contributed by atoms with E-state index in [0.29, 0.717) is 22.5 Å². The number of amides is 1. The number of halogens is 2. The van der Waals surface area contributed by atoms with Crippen molar-refractivity contribution in [3.05, 3.63) is 28.5 Å². The van der Waals surface area contributed by atoms with Crippen molar-refractivity contribution in [1.82, 2.24) is 15.6 Å². The lowest BCUT2D eigenvalue weighted by atomic mass is 9.49. The van der Waals surface area contributed by atoms with E-state index < -0.39 is 0 Å². The maximum atomic E-state index is 12.9. The highest BCUT2D eigenvalue weighted by atomic mass is 35.5. The van der Waals surface area contributed by atoms with Gasteiger partial charge in [-0.1, -0.05) is 11.6 Å². The van der Waals surface area contributed by atoms with E-state index in [1.165, 1.54) is 38.5 Å². The molecule has 4 saturated carbocycles. The van der Waals surface area contributed by atoms with Crippen LogP contribution in [0.1, 0.15) is 61.0 Å². The molecule has 7 heteroatoms. The van der Waals surface area contributed by atoms with Gasteiger partial charge in [-0.15, -0.1) is 12.4 Å². The highest BCUT2D eigenvalue weighted by molar-refractivity contribution is 6.33. The molecule has 1 aromatic heterocycles. The van der Waals surface area contributed by atoms with Crippen LogP contribution in [0.3, 0.4) is 0 Å². The number of hydrogen-bond acceptors (Lipinski definition) is 4. The topological polar surface area (TPSA) is 74.2 Å². The van der Waals surface area contributed by atoms with E-state index in [0.717, 1.165) is 49.4 Å². The quantitative estimate of drug-likeness (QED) is 0.511. The summed E-state index contributed by atoms with van der Waals surface area (Å²) in [6.45, 7) is 2.35. The Kier molecular flexibility index (Phi) is 7.82. The molecule has 1 amide bonds. The van der Waals surface area contributed by atoms with Crippen molar-refractivity contribution in [2.45, 2.75) is 51.4 Å². The van der Waals surface area contributed by atoms with Crippen LogP contribution in [-0.4, -0.2) is 42.2 Å². The summed E-state index contributed by atoms with van der Waals surface area (Å²) in [6, 6.07) is 1.84. The van der Waals surface area contributed by atoms with Gasteiger partial charge in [0.25, 0.3) is 5.91 Å². The largest absolute Gasteiger partial charge is 0.395 e. The van der Waals surface area contributed by atoms with Crippen LogP contribution >= 0.6 is 24.0 Å². The summed E-state index contributed by atoms with van der Waals surface area (Å²) in [5.41, 5.74) is 1.75. The first-order valence-corrected chi connectivity index (χ1v) is 11.2. The second kappa shape index (κ2) is 9.95. The van der Waals surface area contributed by atoms with Gasteiger partial charge in [0.05, 0.1) is 17.2 Å². The predicted molar refractivity (Wildman–Crippen MR) is 118 cm³/mol. The lowest BCUT2D eigenvalue weighted by Crippen LogP contribution is -2.51. The van der Waals surface area contributed by atoms with Crippen LogP contribution in [0.15, 0.2) is 12.3 Å². The van der Waals surface area contributed by atoms with Gasteiger partial charge in [0.1, 0.15) is 0 Å². The van der Waals surface area contributed by atoms with Gasteiger partial charge in [-0.05, 0) is 87.1 Å². The molecule has 0 unspecified atom stereocenters. The highest BCUT2D eigenvalue weighted by Gasteiger charge is 2.50. The molecule has 1 heterocycles. The molecule has 5 rings (SSSR count). The van der Waals surface area contributed by atoms with Crippen LogP contribution in [-0.2, 0) is 6.42 Å². The van der Waals surface area contributed by atoms with Gasteiger partial charge < -0.3 is 15.7 Å². The lowest BCUT2D eigenvalue weighted by Gasteiger charge is -2.56. The van der Waals surface area contributed by atoms with E-state index in [1.807, 2.05) is 6.07 Å². The number of carbonyl (C=O) groups excluding carboxylic acids is 1. The Balaban J connectivity index is 0.00000240. The lowest BCUT2D eigenvalue weighted by molar-refractivity contribution is -0.0503. The van der Waals surface area contributed by atoms with E-state index in [4.69, 9.17) is 16.7 Å². The van der Waals surface area contributed by atoms with Crippen molar-refractivity contribution in [2.75, 3.05) is 26.2 Å². The molecule has 4 aliphatic rings. The Morgan fingerprint density at radius 2 is 1.83 bits per heavy atom. The number of rotatable bonds is 9. The van der Waals surface area contributed by atoms with Gasteiger partial charge >= 0.3 is 0 Å². The van der Waals surface area contributed by atoms with Crippen LogP contribution in [0, 0.1) is 23.2 Å². The van der Waals surface area contributed by atoms with E-state index in [-0.39, 0.29) is 24.9 Å². The SMILES string of the molecule is Cl.O=C(NCC12CC3CC(CC(C3)C1)C2)c1cc(CCCNCCO)ncc1Cl. The first-order chi connectivity index (χ1) is 13.6. The molecule has 4 fully saturated rings. The maximum Gasteiger partial charge on any atom is 0.252 e. The minimum absolute atomic E-state index is 0. The molecule has 3 N–H and O–H groups in total. The smallest absolute Gasteiger partial charge is 0.252 e. The summed E-state index contributed by atoms with van der Waals surface area (Å²) in [5, 5.41) is 15.6.